The molecule has 0 saturated carbocycles. The summed E-state index contributed by atoms with van der Waals surface area (Å²) in [6.45, 7) is 11.3. The van der Waals surface area contributed by atoms with Crippen LogP contribution in [0.2, 0.25) is 0 Å². The lowest BCUT2D eigenvalue weighted by atomic mass is 10.2. The quantitative estimate of drug-likeness (QED) is 0.738. The van der Waals surface area contributed by atoms with Gasteiger partial charge in [-0.2, -0.15) is 0 Å². The van der Waals surface area contributed by atoms with Crippen LogP contribution in [0.1, 0.15) is 16.2 Å². The fourth-order valence-electron chi connectivity index (χ4n) is 1.82. The Labute approximate surface area is 117 Å². The van der Waals surface area contributed by atoms with Crippen molar-refractivity contribution < 1.29 is 9.90 Å². The summed E-state index contributed by atoms with van der Waals surface area (Å²) in [4.78, 5) is 23.8. The molecule has 0 spiro atoms. The van der Waals surface area contributed by atoms with Gasteiger partial charge in [0.2, 0.25) is 5.43 Å². The number of nitrogens with zero attached hydrogens (tertiary/aromatic N) is 1. The fraction of sp³-hybridized carbons (Fsp3) is 0.200. The number of carbonyl (C=O) groups is 1. The molecule has 0 aliphatic carbocycles. The van der Waals surface area contributed by atoms with Crippen LogP contribution < -0.4 is 10.7 Å². The van der Waals surface area contributed by atoms with Gasteiger partial charge in [-0.25, -0.2) is 0 Å². The first-order valence-electron chi connectivity index (χ1n) is 6.13. The smallest absolute Gasteiger partial charge is 0.272 e. The summed E-state index contributed by atoms with van der Waals surface area (Å²) in [5.74, 6) is -1.10. The number of hydrogen-bond donors (Lipinski definition) is 2. The van der Waals surface area contributed by atoms with Crippen molar-refractivity contribution in [2.75, 3.05) is 6.54 Å². The predicted octanol–water partition coefficient (Wildman–Crippen LogP) is 1.38. The molecule has 0 aliphatic rings. The van der Waals surface area contributed by atoms with Crippen LogP contribution in [0.25, 0.3) is 0 Å². The van der Waals surface area contributed by atoms with Gasteiger partial charge in [-0.15, -0.1) is 19.7 Å². The molecule has 106 valence electrons. The van der Waals surface area contributed by atoms with Crippen LogP contribution in [0.5, 0.6) is 5.75 Å². The molecule has 0 radical (unpaired) electrons. The molecule has 1 rings (SSSR count). The minimum atomic E-state index is -0.592. The van der Waals surface area contributed by atoms with E-state index in [9.17, 15) is 14.7 Å². The second-order valence-corrected chi connectivity index (χ2v) is 4.09. The minimum absolute atomic E-state index is 0.0731. The first-order valence-corrected chi connectivity index (χ1v) is 6.13. The Morgan fingerprint density at radius 3 is 2.55 bits per heavy atom. The van der Waals surface area contributed by atoms with Crippen molar-refractivity contribution in [2.45, 2.75) is 13.0 Å². The molecule has 0 unspecified atom stereocenters. The van der Waals surface area contributed by atoms with E-state index in [-0.39, 0.29) is 12.2 Å². The van der Waals surface area contributed by atoms with Crippen LogP contribution >= 0.6 is 0 Å². The molecule has 1 aromatic heterocycles. The van der Waals surface area contributed by atoms with Gasteiger partial charge < -0.3 is 15.0 Å². The van der Waals surface area contributed by atoms with Gasteiger partial charge in [-0.05, 0) is 0 Å². The summed E-state index contributed by atoms with van der Waals surface area (Å²) < 4.78 is 1.55. The lowest BCUT2D eigenvalue weighted by molar-refractivity contribution is 0.0944. The van der Waals surface area contributed by atoms with Crippen LogP contribution in [0.15, 0.2) is 48.8 Å². The Balaban J connectivity index is 3.47. The van der Waals surface area contributed by atoms with Crippen LogP contribution in [0.3, 0.4) is 0 Å². The zero-order chi connectivity index (χ0) is 15.1. The van der Waals surface area contributed by atoms with Crippen molar-refractivity contribution in [1.29, 1.82) is 0 Å². The average Bonchev–Trinajstić information content (AvgIpc) is 2.42. The van der Waals surface area contributed by atoms with E-state index in [0.717, 1.165) is 0 Å². The number of amides is 1. The van der Waals surface area contributed by atoms with Gasteiger partial charge in [0.1, 0.15) is 0 Å². The number of nitrogens with one attached hydrogen (secondary N) is 1. The largest absolute Gasteiger partial charge is 0.503 e. The van der Waals surface area contributed by atoms with E-state index in [1.165, 1.54) is 12.1 Å². The van der Waals surface area contributed by atoms with Gasteiger partial charge in [0.25, 0.3) is 5.91 Å². The third-order valence-corrected chi connectivity index (χ3v) is 2.66. The number of hydrogen-bond acceptors (Lipinski definition) is 3. The maximum Gasteiger partial charge on any atom is 0.272 e. The molecule has 0 fully saturated rings. The molecule has 0 bridgehead atoms. The van der Waals surface area contributed by atoms with Crippen LogP contribution in [-0.4, -0.2) is 22.1 Å². The topological polar surface area (TPSA) is 71.3 Å². The third kappa shape index (κ3) is 3.26. The molecule has 1 amide bonds. The molecular formula is C15H18N2O3. The van der Waals surface area contributed by atoms with Crippen molar-refractivity contribution in [3.63, 3.8) is 0 Å². The van der Waals surface area contributed by atoms with E-state index in [1.54, 1.807) is 16.7 Å². The fourth-order valence-corrected chi connectivity index (χ4v) is 1.82. The molecule has 5 heteroatoms. The number of carbonyl (C=O) groups excluding carboxylic acids is 1. The molecule has 0 aromatic carbocycles. The highest BCUT2D eigenvalue weighted by molar-refractivity contribution is 5.95. The number of allylic oxidation sites excluding steroid dienone is 2. The molecule has 1 heterocycles. The third-order valence-electron chi connectivity index (χ3n) is 2.66. The van der Waals surface area contributed by atoms with Crippen LogP contribution in [0.4, 0.5) is 0 Å². The number of rotatable bonds is 7. The van der Waals surface area contributed by atoms with Gasteiger partial charge in [-0.3, -0.25) is 9.59 Å². The van der Waals surface area contributed by atoms with E-state index in [4.69, 9.17) is 0 Å². The molecule has 0 atom stereocenters. The van der Waals surface area contributed by atoms with Crippen molar-refractivity contribution in [3.05, 3.63) is 65.6 Å². The number of aromatic nitrogens is 1. The zero-order valence-electron chi connectivity index (χ0n) is 11.3. The summed E-state index contributed by atoms with van der Waals surface area (Å²) in [5.41, 5.74) is -0.0755. The minimum Gasteiger partial charge on any atom is -0.503 e. The van der Waals surface area contributed by atoms with E-state index in [2.05, 4.69) is 25.1 Å². The highest BCUT2D eigenvalue weighted by atomic mass is 16.3. The van der Waals surface area contributed by atoms with Gasteiger partial charge in [0.15, 0.2) is 11.4 Å². The second kappa shape index (κ2) is 7.13. The number of aromatic hydroxyl groups is 1. The van der Waals surface area contributed by atoms with Crippen molar-refractivity contribution >= 4 is 5.91 Å². The Kier molecular flexibility index (Phi) is 5.53. The first kappa shape index (κ1) is 15.5. The van der Waals surface area contributed by atoms with E-state index >= 15 is 0 Å². The Bertz CT molecular complexity index is 600. The zero-order valence-corrected chi connectivity index (χ0v) is 11.3. The standard InChI is InChI=1S/C15H18N2O3/c1-4-7-11-10-12(18)14(19)13(17(11)9-6-3)15(20)16-8-5-2/h4-6,10,19H,1-3,7-9H2,(H,16,20). The van der Waals surface area contributed by atoms with Gasteiger partial charge >= 0.3 is 0 Å². The van der Waals surface area contributed by atoms with E-state index in [0.29, 0.717) is 18.7 Å². The summed E-state index contributed by atoms with van der Waals surface area (Å²) >= 11 is 0. The average molecular weight is 274 g/mol. The first-order chi connectivity index (χ1) is 9.56. The Morgan fingerprint density at radius 2 is 2.00 bits per heavy atom. The van der Waals surface area contributed by atoms with Gasteiger partial charge in [0.05, 0.1) is 0 Å². The lowest BCUT2D eigenvalue weighted by Crippen LogP contribution is -2.30. The van der Waals surface area contributed by atoms with E-state index < -0.39 is 17.1 Å². The molecule has 20 heavy (non-hydrogen) atoms. The lowest BCUT2D eigenvalue weighted by Gasteiger charge is -2.17. The van der Waals surface area contributed by atoms with Crippen molar-refractivity contribution in [1.82, 2.24) is 9.88 Å². The molecule has 0 aliphatic heterocycles. The van der Waals surface area contributed by atoms with E-state index in [1.807, 2.05) is 0 Å². The maximum atomic E-state index is 12.1. The summed E-state index contributed by atoms with van der Waals surface area (Å²) in [6, 6.07) is 1.30. The van der Waals surface area contributed by atoms with Crippen molar-refractivity contribution in [3.8, 4) is 5.75 Å². The summed E-state index contributed by atoms with van der Waals surface area (Å²) in [7, 11) is 0. The summed E-state index contributed by atoms with van der Waals surface area (Å²) in [5, 5.41) is 12.4. The maximum absolute atomic E-state index is 12.1. The number of pyridine rings is 1. The highest BCUT2D eigenvalue weighted by Gasteiger charge is 2.19. The van der Waals surface area contributed by atoms with Crippen LogP contribution in [-0.2, 0) is 13.0 Å². The Morgan fingerprint density at radius 1 is 1.30 bits per heavy atom. The molecule has 5 nitrogen and oxygen atoms in total. The van der Waals surface area contributed by atoms with Gasteiger partial charge in [-0.1, -0.05) is 18.2 Å². The van der Waals surface area contributed by atoms with Gasteiger partial charge in [0, 0.05) is 31.3 Å². The Hall–Kier alpha value is -2.56. The summed E-state index contributed by atoms with van der Waals surface area (Å²) in [6.07, 6.45) is 5.13. The molecule has 0 saturated heterocycles. The normalized spacial score (nSPS) is 9.80. The van der Waals surface area contributed by atoms with Crippen molar-refractivity contribution in [2.24, 2.45) is 0 Å². The monoisotopic (exact) mass is 274 g/mol. The molecule has 2 N–H and O–H groups in total. The molecule has 1 aromatic rings. The van der Waals surface area contributed by atoms with Crippen LogP contribution in [0, 0.1) is 0 Å². The predicted molar refractivity (Wildman–Crippen MR) is 79.0 cm³/mol. The molecular weight excluding hydrogens is 256 g/mol. The second-order valence-electron chi connectivity index (χ2n) is 4.09. The highest BCUT2D eigenvalue weighted by Crippen LogP contribution is 2.15. The SMILES string of the molecule is C=CCNC(=O)c1c(O)c(=O)cc(CC=C)n1CC=C.